The maximum Gasteiger partial charge on any atom is 0.269 e. The minimum absolute atomic E-state index is 0.0140. The van der Waals surface area contributed by atoms with Crippen molar-refractivity contribution in [2.75, 3.05) is 36.0 Å². The van der Waals surface area contributed by atoms with Gasteiger partial charge in [0.2, 0.25) is 14.3 Å². The van der Waals surface area contributed by atoms with Gasteiger partial charge in [0.15, 0.2) is 5.60 Å². The maximum absolute atomic E-state index is 15.6. The van der Waals surface area contributed by atoms with E-state index in [-0.39, 0.29) is 37.7 Å². The van der Waals surface area contributed by atoms with Crippen LogP contribution in [-0.2, 0) is 26.5 Å². The van der Waals surface area contributed by atoms with Crippen LogP contribution in [0, 0.1) is 16.0 Å². The van der Waals surface area contributed by atoms with Gasteiger partial charge in [-0.25, -0.2) is 0 Å². The second kappa shape index (κ2) is 10.1. The molecule has 2 amide bonds. The molecule has 208 valence electrons. The van der Waals surface area contributed by atoms with E-state index in [9.17, 15) is 24.8 Å². The van der Waals surface area contributed by atoms with Crippen LogP contribution in [0.2, 0.25) is 18.6 Å². The molecule has 0 aliphatic carbocycles. The predicted octanol–water partition coefficient (Wildman–Crippen LogP) is 3.24. The average molecular weight is 557 g/mol. The van der Waals surface area contributed by atoms with Crippen molar-refractivity contribution >= 4 is 37.3 Å². The Balaban J connectivity index is 1.53. The van der Waals surface area contributed by atoms with E-state index in [4.69, 9.17) is 4.74 Å². The third kappa shape index (κ3) is 4.54. The number of nitro benzene ring substituents is 1. The number of hydrogen-bond donors (Lipinski definition) is 2. The second-order valence-corrected chi connectivity index (χ2v) is 14.8. The van der Waals surface area contributed by atoms with Crippen LogP contribution in [0.3, 0.4) is 0 Å². The molecule has 12 heteroatoms. The zero-order valence-electron chi connectivity index (χ0n) is 22.2. The number of rotatable bonds is 7. The van der Waals surface area contributed by atoms with E-state index < -0.39 is 42.4 Å². The van der Waals surface area contributed by atoms with Crippen LogP contribution >= 0.6 is 0 Å². The molecule has 2 aromatic carbocycles. The monoisotopic (exact) mass is 556 g/mol. The molecule has 3 aliphatic rings. The van der Waals surface area contributed by atoms with Crippen LogP contribution in [-0.4, -0.2) is 62.6 Å². The largest absolute Gasteiger partial charge is 0.396 e. The number of amides is 2. The second-order valence-electron chi connectivity index (χ2n) is 11.0. The average Bonchev–Trinajstić information content (AvgIpc) is 3.31. The number of nitrogens with one attached hydrogen (secondary N) is 1. The smallest absolute Gasteiger partial charge is 0.269 e. The number of aliphatic hydroxyl groups is 1. The SMILES string of the molecule is C[C@@H]1[C@@H]([Si](C)(C)F)[C@H](CCO)O[C@@]12C(=O)N(Cc1ccc(N3CCNCC3=O)cc1)c1ccc([N+](=O)[O-])cc12. The number of anilines is 2. The van der Waals surface area contributed by atoms with Gasteiger partial charge in [-0.2, -0.15) is 0 Å². The number of halogens is 1. The maximum atomic E-state index is 15.6. The normalized spacial score (nSPS) is 26.9. The van der Waals surface area contributed by atoms with E-state index in [1.165, 1.54) is 12.1 Å². The van der Waals surface area contributed by atoms with Crippen molar-refractivity contribution in [2.45, 2.75) is 50.2 Å². The molecule has 2 aromatic rings. The van der Waals surface area contributed by atoms with Gasteiger partial charge in [0.1, 0.15) is 0 Å². The number of ether oxygens (including phenoxy) is 1. The Kier molecular flexibility index (Phi) is 7.08. The summed E-state index contributed by atoms with van der Waals surface area (Å²) in [7, 11) is -3.37. The van der Waals surface area contributed by atoms with Crippen molar-refractivity contribution in [2.24, 2.45) is 5.92 Å². The lowest BCUT2D eigenvalue weighted by Crippen LogP contribution is -2.48. The number of carbonyl (C=O) groups excluding carboxylic acids is 2. The van der Waals surface area contributed by atoms with Gasteiger partial charge >= 0.3 is 0 Å². The summed E-state index contributed by atoms with van der Waals surface area (Å²) in [6.07, 6.45) is -0.524. The molecule has 2 saturated heterocycles. The summed E-state index contributed by atoms with van der Waals surface area (Å²) in [6.45, 7) is 6.41. The van der Waals surface area contributed by atoms with Crippen LogP contribution < -0.4 is 15.1 Å². The first-order chi connectivity index (χ1) is 18.5. The van der Waals surface area contributed by atoms with E-state index in [2.05, 4.69) is 5.32 Å². The minimum atomic E-state index is -3.37. The highest BCUT2D eigenvalue weighted by Crippen LogP contribution is 2.60. The molecule has 10 nitrogen and oxygen atoms in total. The summed E-state index contributed by atoms with van der Waals surface area (Å²) in [5, 5.41) is 24.4. The Morgan fingerprint density at radius 1 is 1.23 bits per heavy atom. The summed E-state index contributed by atoms with van der Waals surface area (Å²) in [5.41, 5.74) is 0.0592. The van der Waals surface area contributed by atoms with E-state index in [0.717, 1.165) is 11.3 Å². The fourth-order valence-corrected chi connectivity index (χ4v) is 9.09. The highest BCUT2D eigenvalue weighted by molar-refractivity contribution is 6.72. The summed E-state index contributed by atoms with van der Waals surface area (Å²) in [6, 6.07) is 11.6. The van der Waals surface area contributed by atoms with Crippen LogP contribution in [0.4, 0.5) is 21.2 Å². The molecule has 2 N–H and O–H groups in total. The number of nitrogens with zero attached hydrogens (tertiary/aromatic N) is 3. The Morgan fingerprint density at radius 2 is 1.95 bits per heavy atom. The lowest BCUT2D eigenvalue weighted by molar-refractivity contribution is -0.385. The number of hydrogen-bond acceptors (Lipinski definition) is 7. The van der Waals surface area contributed by atoms with Crippen molar-refractivity contribution in [3.63, 3.8) is 0 Å². The van der Waals surface area contributed by atoms with Gasteiger partial charge in [0.05, 0.1) is 29.8 Å². The van der Waals surface area contributed by atoms with E-state index in [0.29, 0.717) is 24.3 Å². The minimum Gasteiger partial charge on any atom is -0.396 e. The summed E-state index contributed by atoms with van der Waals surface area (Å²) < 4.78 is 22.1. The molecule has 1 spiro atoms. The number of aliphatic hydroxyl groups excluding tert-OH is 1. The fourth-order valence-electron chi connectivity index (χ4n) is 6.55. The summed E-state index contributed by atoms with van der Waals surface area (Å²) in [4.78, 5) is 40.9. The Hall–Kier alpha value is -3.19. The van der Waals surface area contributed by atoms with Crippen molar-refractivity contribution in [1.29, 1.82) is 0 Å². The Morgan fingerprint density at radius 3 is 2.56 bits per heavy atom. The molecule has 0 radical (unpaired) electrons. The quantitative estimate of drug-likeness (QED) is 0.232. The van der Waals surface area contributed by atoms with Crippen molar-refractivity contribution in [3.05, 3.63) is 63.7 Å². The molecule has 3 aliphatic heterocycles. The van der Waals surface area contributed by atoms with Gasteiger partial charge < -0.3 is 29.1 Å². The standard InChI is InChI=1S/C27H33FN4O6Si/c1-17-25(39(2,3)28)23(10-13-33)38-27(17)21-14-20(32(36)37)8-9-22(21)31(26(27)35)16-18-4-6-19(7-5-18)30-12-11-29-15-24(30)34/h4-9,14,17,23,25,29,33H,10-13,15-16H2,1-3H3/t17-,23+,25-,27+/m1/s1. The lowest BCUT2D eigenvalue weighted by Gasteiger charge is -2.31. The molecular weight excluding hydrogens is 523 g/mol. The van der Waals surface area contributed by atoms with Gasteiger partial charge in [-0.05, 0) is 43.3 Å². The number of fused-ring (bicyclic) bond motifs is 2. The molecular formula is C27H33FN4O6Si. The van der Waals surface area contributed by atoms with Crippen LogP contribution in [0.5, 0.6) is 0 Å². The predicted molar refractivity (Wildman–Crippen MR) is 146 cm³/mol. The Bertz CT molecular complexity index is 1300. The molecule has 2 fully saturated rings. The molecule has 3 heterocycles. The number of piperazine rings is 1. The molecule has 0 aromatic heterocycles. The summed E-state index contributed by atoms with van der Waals surface area (Å²) in [5.74, 6) is -1.00. The van der Waals surface area contributed by atoms with Gasteiger partial charge in [-0.3, -0.25) is 19.7 Å². The fraction of sp³-hybridized carbons (Fsp3) is 0.481. The van der Waals surface area contributed by atoms with Crippen molar-refractivity contribution in [1.82, 2.24) is 5.32 Å². The zero-order valence-corrected chi connectivity index (χ0v) is 23.2. The van der Waals surface area contributed by atoms with Crippen LogP contribution in [0.15, 0.2) is 42.5 Å². The van der Waals surface area contributed by atoms with Crippen molar-refractivity contribution in [3.8, 4) is 0 Å². The van der Waals surface area contributed by atoms with Crippen molar-refractivity contribution < 1.29 is 28.5 Å². The van der Waals surface area contributed by atoms with E-state index in [1.807, 2.05) is 24.3 Å². The molecule has 4 atom stereocenters. The number of benzene rings is 2. The third-order valence-electron chi connectivity index (χ3n) is 8.25. The molecule has 39 heavy (non-hydrogen) atoms. The van der Waals surface area contributed by atoms with E-state index >= 15 is 4.11 Å². The topological polar surface area (TPSA) is 125 Å². The van der Waals surface area contributed by atoms with Gasteiger partial charge in [0.25, 0.3) is 11.6 Å². The first kappa shape index (κ1) is 27.4. The van der Waals surface area contributed by atoms with Gasteiger partial charge in [-0.15, -0.1) is 0 Å². The zero-order chi connectivity index (χ0) is 28.1. The summed E-state index contributed by atoms with van der Waals surface area (Å²) >= 11 is 0. The highest BCUT2D eigenvalue weighted by Gasteiger charge is 2.66. The first-order valence-corrected chi connectivity index (χ1v) is 16.1. The number of nitro groups is 1. The number of carbonyl (C=O) groups is 2. The molecule has 0 saturated carbocycles. The van der Waals surface area contributed by atoms with Crippen LogP contribution in [0.1, 0.15) is 24.5 Å². The Labute approximate surface area is 227 Å². The van der Waals surface area contributed by atoms with Gasteiger partial charge in [-0.1, -0.05) is 19.1 Å². The molecule has 0 unspecified atom stereocenters. The number of non-ortho nitro benzene ring substituents is 1. The molecule has 0 bridgehead atoms. The van der Waals surface area contributed by atoms with Crippen LogP contribution in [0.25, 0.3) is 0 Å². The third-order valence-corrected chi connectivity index (χ3v) is 10.7. The van der Waals surface area contributed by atoms with E-state index in [1.54, 1.807) is 35.9 Å². The first-order valence-electron chi connectivity index (χ1n) is 13.2. The molecule has 5 rings (SSSR count). The van der Waals surface area contributed by atoms with Gasteiger partial charge in [0, 0.05) is 54.5 Å². The highest BCUT2D eigenvalue weighted by atomic mass is 28.4. The lowest BCUT2D eigenvalue weighted by atomic mass is 9.82.